The smallest absolute Gasteiger partial charge is 0.261 e. The van der Waals surface area contributed by atoms with Crippen LogP contribution in [0, 0.1) is 0 Å². The van der Waals surface area contributed by atoms with Gasteiger partial charge >= 0.3 is 0 Å². The van der Waals surface area contributed by atoms with E-state index in [2.05, 4.69) is 12.2 Å². The van der Waals surface area contributed by atoms with E-state index in [1.807, 2.05) is 69.3 Å². The lowest BCUT2D eigenvalue weighted by atomic mass is 10.1. The van der Waals surface area contributed by atoms with Gasteiger partial charge in [0.05, 0.1) is 7.11 Å². The van der Waals surface area contributed by atoms with Gasteiger partial charge in [0, 0.05) is 12.1 Å². The van der Waals surface area contributed by atoms with Crippen molar-refractivity contribution < 1.29 is 19.1 Å². The fourth-order valence-electron chi connectivity index (χ4n) is 3.03. The van der Waals surface area contributed by atoms with Gasteiger partial charge in [-0.15, -0.1) is 0 Å². The van der Waals surface area contributed by atoms with E-state index in [4.69, 9.17) is 9.47 Å². The molecule has 6 heteroatoms. The maximum Gasteiger partial charge on any atom is 0.261 e. The standard InChI is InChI=1S/C25H34N2O4/c1-7-19-8-14-22(15-9-19)31-17-23(28)27(18(2)24(29)26-25(3,4)5)16-20-10-12-21(30-6)13-11-20/h8-15,18H,7,16-17H2,1-6H3,(H,26,29)/t18-/m0/s1. The van der Waals surface area contributed by atoms with Crippen LogP contribution in [0.2, 0.25) is 0 Å². The largest absolute Gasteiger partial charge is 0.497 e. The van der Waals surface area contributed by atoms with Crippen LogP contribution in [0.15, 0.2) is 48.5 Å². The van der Waals surface area contributed by atoms with Crippen molar-refractivity contribution in [3.63, 3.8) is 0 Å². The quantitative estimate of drug-likeness (QED) is 0.659. The van der Waals surface area contributed by atoms with Gasteiger partial charge in [-0.25, -0.2) is 0 Å². The Labute approximate surface area is 185 Å². The Morgan fingerprint density at radius 3 is 2.03 bits per heavy atom. The molecule has 0 saturated heterocycles. The molecule has 168 valence electrons. The van der Waals surface area contributed by atoms with Crippen LogP contribution in [0.5, 0.6) is 11.5 Å². The number of nitrogens with one attached hydrogen (secondary N) is 1. The molecular weight excluding hydrogens is 392 g/mol. The summed E-state index contributed by atoms with van der Waals surface area (Å²) in [6.45, 7) is 9.70. The Morgan fingerprint density at radius 2 is 1.52 bits per heavy atom. The van der Waals surface area contributed by atoms with Crippen molar-refractivity contribution in [2.24, 2.45) is 0 Å². The minimum Gasteiger partial charge on any atom is -0.497 e. The van der Waals surface area contributed by atoms with Gasteiger partial charge in [0.25, 0.3) is 5.91 Å². The zero-order valence-corrected chi connectivity index (χ0v) is 19.4. The molecule has 0 saturated carbocycles. The molecule has 2 aromatic rings. The Hall–Kier alpha value is -3.02. The Balaban J connectivity index is 2.15. The highest BCUT2D eigenvalue weighted by atomic mass is 16.5. The Kier molecular flexibility index (Phi) is 8.48. The van der Waals surface area contributed by atoms with E-state index >= 15 is 0 Å². The zero-order chi connectivity index (χ0) is 23.0. The fourth-order valence-corrected chi connectivity index (χ4v) is 3.03. The molecule has 0 aliphatic heterocycles. The molecule has 0 aliphatic rings. The molecule has 0 bridgehead atoms. The summed E-state index contributed by atoms with van der Waals surface area (Å²) in [5, 5.41) is 2.95. The summed E-state index contributed by atoms with van der Waals surface area (Å²) in [6, 6.07) is 14.5. The molecule has 0 fully saturated rings. The van der Waals surface area contributed by atoms with Crippen LogP contribution < -0.4 is 14.8 Å². The number of rotatable bonds is 9. The summed E-state index contributed by atoms with van der Waals surface area (Å²) in [5.41, 5.74) is 1.71. The minimum absolute atomic E-state index is 0.144. The van der Waals surface area contributed by atoms with Crippen LogP contribution in [0.1, 0.15) is 45.7 Å². The maximum atomic E-state index is 13.1. The van der Waals surface area contributed by atoms with Gasteiger partial charge in [-0.05, 0) is 69.5 Å². The molecule has 0 radical (unpaired) electrons. The molecule has 1 N–H and O–H groups in total. The van der Waals surface area contributed by atoms with E-state index < -0.39 is 11.6 Å². The van der Waals surface area contributed by atoms with E-state index in [1.165, 1.54) is 5.56 Å². The predicted octanol–water partition coefficient (Wildman–Crippen LogP) is 3.97. The summed E-state index contributed by atoms with van der Waals surface area (Å²) >= 11 is 0. The molecule has 31 heavy (non-hydrogen) atoms. The lowest BCUT2D eigenvalue weighted by Crippen LogP contribution is -2.53. The summed E-state index contributed by atoms with van der Waals surface area (Å²) in [6.07, 6.45) is 0.940. The number of nitrogens with zero attached hydrogens (tertiary/aromatic N) is 1. The summed E-state index contributed by atoms with van der Waals surface area (Å²) < 4.78 is 10.9. The third kappa shape index (κ3) is 7.63. The Bertz CT molecular complexity index is 855. The number of carbonyl (C=O) groups is 2. The molecule has 0 heterocycles. The van der Waals surface area contributed by atoms with Crippen molar-refractivity contribution in [3.05, 3.63) is 59.7 Å². The monoisotopic (exact) mass is 426 g/mol. The van der Waals surface area contributed by atoms with Crippen LogP contribution in [0.4, 0.5) is 0 Å². The van der Waals surface area contributed by atoms with Crippen molar-refractivity contribution in [3.8, 4) is 11.5 Å². The van der Waals surface area contributed by atoms with E-state index in [0.717, 1.165) is 17.7 Å². The average Bonchev–Trinajstić information content (AvgIpc) is 2.75. The lowest BCUT2D eigenvalue weighted by Gasteiger charge is -2.31. The van der Waals surface area contributed by atoms with Gasteiger partial charge in [0.15, 0.2) is 6.61 Å². The number of hydrogen-bond acceptors (Lipinski definition) is 4. The van der Waals surface area contributed by atoms with Gasteiger partial charge in [-0.1, -0.05) is 31.2 Å². The first-order valence-corrected chi connectivity index (χ1v) is 10.6. The third-order valence-electron chi connectivity index (χ3n) is 4.87. The Morgan fingerprint density at radius 1 is 0.968 bits per heavy atom. The highest BCUT2D eigenvalue weighted by Gasteiger charge is 2.28. The van der Waals surface area contributed by atoms with E-state index in [-0.39, 0.29) is 18.4 Å². The normalized spacial score (nSPS) is 12.1. The molecule has 0 aromatic heterocycles. The molecule has 0 spiro atoms. The van der Waals surface area contributed by atoms with Crippen LogP contribution >= 0.6 is 0 Å². The van der Waals surface area contributed by atoms with Crippen LogP contribution in [-0.4, -0.2) is 42.0 Å². The topological polar surface area (TPSA) is 67.9 Å². The average molecular weight is 427 g/mol. The number of ether oxygens (including phenoxy) is 2. The van der Waals surface area contributed by atoms with Crippen LogP contribution in [0.3, 0.4) is 0 Å². The van der Waals surface area contributed by atoms with Gasteiger partial charge in [0.2, 0.25) is 5.91 Å². The third-order valence-corrected chi connectivity index (χ3v) is 4.87. The second-order valence-corrected chi connectivity index (χ2v) is 8.57. The molecule has 2 rings (SSSR count). The van der Waals surface area contributed by atoms with Gasteiger partial charge in [0.1, 0.15) is 17.5 Å². The number of carbonyl (C=O) groups excluding carboxylic acids is 2. The summed E-state index contributed by atoms with van der Waals surface area (Å²) in [5.74, 6) is 0.898. The number of methoxy groups -OCH3 is 1. The van der Waals surface area contributed by atoms with Crippen molar-refractivity contribution in [2.75, 3.05) is 13.7 Å². The van der Waals surface area contributed by atoms with Crippen LogP contribution in [0.25, 0.3) is 0 Å². The minimum atomic E-state index is -0.653. The first kappa shape index (κ1) is 24.3. The number of amides is 2. The van der Waals surface area contributed by atoms with Crippen molar-refractivity contribution in [1.29, 1.82) is 0 Å². The summed E-state index contributed by atoms with van der Waals surface area (Å²) in [7, 11) is 1.61. The SMILES string of the molecule is CCc1ccc(OCC(=O)N(Cc2ccc(OC)cc2)[C@@H](C)C(=O)NC(C)(C)C)cc1. The highest BCUT2D eigenvalue weighted by molar-refractivity contribution is 5.88. The molecule has 1 atom stereocenters. The molecule has 2 aromatic carbocycles. The van der Waals surface area contributed by atoms with Gasteiger partial charge < -0.3 is 19.7 Å². The summed E-state index contributed by atoms with van der Waals surface area (Å²) in [4.78, 5) is 27.4. The fraction of sp³-hybridized carbons (Fsp3) is 0.440. The lowest BCUT2D eigenvalue weighted by molar-refractivity contribution is -0.142. The van der Waals surface area contributed by atoms with Crippen molar-refractivity contribution in [2.45, 2.75) is 59.2 Å². The number of benzene rings is 2. The first-order valence-electron chi connectivity index (χ1n) is 10.6. The predicted molar refractivity (Wildman–Crippen MR) is 122 cm³/mol. The molecular formula is C25H34N2O4. The highest BCUT2D eigenvalue weighted by Crippen LogP contribution is 2.17. The molecule has 0 aliphatic carbocycles. The van der Waals surface area contributed by atoms with Crippen LogP contribution in [-0.2, 0) is 22.6 Å². The van der Waals surface area contributed by atoms with E-state index in [9.17, 15) is 9.59 Å². The van der Waals surface area contributed by atoms with Crippen molar-refractivity contribution in [1.82, 2.24) is 10.2 Å². The van der Waals surface area contributed by atoms with Gasteiger partial charge in [-0.2, -0.15) is 0 Å². The second kappa shape index (κ2) is 10.8. The van der Waals surface area contributed by atoms with E-state index in [0.29, 0.717) is 12.3 Å². The second-order valence-electron chi connectivity index (χ2n) is 8.57. The zero-order valence-electron chi connectivity index (χ0n) is 19.4. The molecule has 6 nitrogen and oxygen atoms in total. The van der Waals surface area contributed by atoms with E-state index in [1.54, 1.807) is 18.9 Å². The van der Waals surface area contributed by atoms with Gasteiger partial charge in [-0.3, -0.25) is 9.59 Å². The number of aryl methyl sites for hydroxylation is 1. The van der Waals surface area contributed by atoms with Crippen molar-refractivity contribution >= 4 is 11.8 Å². The maximum absolute atomic E-state index is 13.1. The first-order chi connectivity index (χ1) is 14.6. The number of hydrogen-bond donors (Lipinski definition) is 1. The molecule has 2 amide bonds. The molecule has 0 unspecified atom stereocenters.